The van der Waals surface area contributed by atoms with Crippen molar-refractivity contribution in [3.8, 4) is 5.75 Å². The average Bonchev–Trinajstić information content (AvgIpc) is 3.22. The van der Waals surface area contributed by atoms with Crippen LogP contribution >= 0.6 is 0 Å². The third-order valence-electron chi connectivity index (χ3n) is 5.40. The Labute approximate surface area is 181 Å². The van der Waals surface area contributed by atoms with Crippen LogP contribution in [0.25, 0.3) is 0 Å². The van der Waals surface area contributed by atoms with E-state index in [4.69, 9.17) is 14.2 Å². The van der Waals surface area contributed by atoms with Crippen LogP contribution in [0.1, 0.15) is 32.6 Å². The van der Waals surface area contributed by atoms with E-state index in [-0.39, 0.29) is 36.9 Å². The van der Waals surface area contributed by atoms with Crippen molar-refractivity contribution >= 4 is 29.4 Å². The summed E-state index contributed by atoms with van der Waals surface area (Å²) in [6, 6.07) is 6.92. The molecule has 31 heavy (non-hydrogen) atoms. The predicted octanol–water partition coefficient (Wildman–Crippen LogP) is 1.54. The number of carbonyl (C=O) groups excluding carboxylic acids is 4. The van der Waals surface area contributed by atoms with Crippen molar-refractivity contribution in [2.75, 3.05) is 44.4 Å². The number of benzene rings is 1. The van der Waals surface area contributed by atoms with Crippen LogP contribution < -0.4 is 9.64 Å². The SMILES string of the molecule is CCOC(=O)C1CCN(C(=O)COC(=O)COc2ccc(N3CCCC3=O)cc2)CC1. The Kier molecular flexibility index (Phi) is 7.86. The molecule has 2 amide bonds. The van der Waals surface area contributed by atoms with Crippen LogP contribution in [-0.2, 0) is 28.7 Å². The van der Waals surface area contributed by atoms with Crippen LogP contribution in [0.2, 0.25) is 0 Å². The van der Waals surface area contributed by atoms with Gasteiger partial charge in [-0.05, 0) is 50.5 Å². The minimum absolute atomic E-state index is 0.104. The van der Waals surface area contributed by atoms with Gasteiger partial charge in [0.2, 0.25) is 5.91 Å². The lowest BCUT2D eigenvalue weighted by Crippen LogP contribution is -2.42. The molecular weight excluding hydrogens is 404 g/mol. The first-order chi connectivity index (χ1) is 15.0. The molecule has 9 nitrogen and oxygen atoms in total. The molecule has 0 atom stereocenters. The first-order valence-electron chi connectivity index (χ1n) is 10.6. The fraction of sp³-hybridized carbons (Fsp3) is 0.545. The van der Waals surface area contributed by atoms with Gasteiger partial charge >= 0.3 is 11.9 Å². The van der Waals surface area contributed by atoms with Gasteiger partial charge in [0, 0.05) is 31.7 Å². The van der Waals surface area contributed by atoms with E-state index in [1.807, 2.05) is 0 Å². The highest BCUT2D eigenvalue weighted by Crippen LogP contribution is 2.24. The minimum Gasteiger partial charge on any atom is -0.482 e. The molecule has 2 fully saturated rings. The molecule has 1 aromatic carbocycles. The van der Waals surface area contributed by atoms with Gasteiger partial charge in [0.1, 0.15) is 5.75 Å². The van der Waals surface area contributed by atoms with E-state index in [1.165, 1.54) is 0 Å². The number of nitrogens with zero attached hydrogens (tertiary/aromatic N) is 2. The topological polar surface area (TPSA) is 102 Å². The molecule has 2 aliphatic rings. The Morgan fingerprint density at radius 1 is 1.00 bits per heavy atom. The number of carbonyl (C=O) groups is 4. The van der Waals surface area contributed by atoms with Gasteiger partial charge in [-0.2, -0.15) is 0 Å². The highest BCUT2D eigenvalue weighted by atomic mass is 16.6. The molecule has 0 aromatic heterocycles. The second kappa shape index (κ2) is 10.8. The summed E-state index contributed by atoms with van der Waals surface area (Å²) in [4.78, 5) is 51.0. The zero-order valence-electron chi connectivity index (χ0n) is 17.7. The van der Waals surface area contributed by atoms with Crippen molar-refractivity contribution in [3.63, 3.8) is 0 Å². The van der Waals surface area contributed by atoms with Crippen molar-refractivity contribution in [2.24, 2.45) is 5.92 Å². The minimum atomic E-state index is -0.645. The molecule has 0 spiro atoms. The van der Waals surface area contributed by atoms with Crippen molar-refractivity contribution in [3.05, 3.63) is 24.3 Å². The third kappa shape index (κ3) is 6.19. The molecule has 9 heteroatoms. The zero-order chi connectivity index (χ0) is 22.2. The molecule has 0 aliphatic carbocycles. The number of anilines is 1. The lowest BCUT2D eigenvalue weighted by Gasteiger charge is -2.30. The number of rotatable bonds is 8. The van der Waals surface area contributed by atoms with E-state index in [9.17, 15) is 19.2 Å². The van der Waals surface area contributed by atoms with Crippen LogP contribution in [0.4, 0.5) is 5.69 Å². The van der Waals surface area contributed by atoms with Gasteiger partial charge < -0.3 is 24.0 Å². The molecule has 0 unspecified atom stereocenters. The second-order valence-electron chi connectivity index (χ2n) is 7.50. The highest BCUT2D eigenvalue weighted by molar-refractivity contribution is 5.95. The first kappa shape index (κ1) is 22.6. The fourth-order valence-electron chi connectivity index (χ4n) is 3.69. The molecule has 2 saturated heterocycles. The van der Waals surface area contributed by atoms with Gasteiger partial charge in [-0.1, -0.05) is 0 Å². The van der Waals surface area contributed by atoms with E-state index >= 15 is 0 Å². The summed E-state index contributed by atoms with van der Waals surface area (Å²) in [5.74, 6) is -0.774. The average molecular weight is 432 g/mol. The van der Waals surface area contributed by atoms with Gasteiger partial charge in [-0.3, -0.25) is 14.4 Å². The number of hydrogen-bond acceptors (Lipinski definition) is 7. The zero-order valence-corrected chi connectivity index (χ0v) is 17.7. The van der Waals surface area contributed by atoms with Gasteiger partial charge in [0.05, 0.1) is 12.5 Å². The van der Waals surface area contributed by atoms with Crippen LogP contribution in [0.5, 0.6) is 5.75 Å². The largest absolute Gasteiger partial charge is 0.482 e. The van der Waals surface area contributed by atoms with Gasteiger partial charge in [0.25, 0.3) is 5.91 Å². The van der Waals surface area contributed by atoms with E-state index in [0.29, 0.717) is 51.3 Å². The normalized spacial score (nSPS) is 16.9. The van der Waals surface area contributed by atoms with Crippen molar-refractivity contribution in [2.45, 2.75) is 32.6 Å². The van der Waals surface area contributed by atoms with Gasteiger partial charge in [0.15, 0.2) is 13.2 Å². The van der Waals surface area contributed by atoms with E-state index < -0.39 is 5.97 Å². The first-order valence-corrected chi connectivity index (χ1v) is 10.6. The Bertz CT molecular complexity index is 801. The molecule has 0 radical (unpaired) electrons. The Morgan fingerprint density at radius 2 is 1.71 bits per heavy atom. The van der Waals surface area contributed by atoms with Crippen LogP contribution in [-0.4, -0.2) is 68.1 Å². The third-order valence-corrected chi connectivity index (χ3v) is 5.40. The number of piperidine rings is 1. The van der Waals surface area contributed by atoms with Crippen molar-refractivity contribution < 1.29 is 33.4 Å². The second-order valence-corrected chi connectivity index (χ2v) is 7.50. The summed E-state index contributed by atoms with van der Waals surface area (Å²) >= 11 is 0. The number of likely N-dealkylation sites (tertiary alicyclic amines) is 1. The maximum atomic E-state index is 12.2. The number of hydrogen-bond donors (Lipinski definition) is 0. The standard InChI is InChI=1S/C22H28N2O7/c1-2-29-22(28)16-9-12-23(13-10-16)20(26)14-31-21(27)15-30-18-7-5-17(6-8-18)24-11-3-4-19(24)25/h5-8,16H,2-4,9-15H2,1H3. The molecule has 0 saturated carbocycles. The highest BCUT2D eigenvalue weighted by Gasteiger charge is 2.28. The molecule has 2 aliphatic heterocycles. The monoisotopic (exact) mass is 432 g/mol. The lowest BCUT2D eigenvalue weighted by atomic mass is 9.97. The summed E-state index contributed by atoms with van der Waals surface area (Å²) in [7, 11) is 0. The Balaban J connectivity index is 1.35. The van der Waals surface area contributed by atoms with Crippen LogP contribution in [0, 0.1) is 5.92 Å². The van der Waals surface area contributed by atoms with E-state index in [0.717, 1.165) is 12.1 Å². The van der Waals surface area contributed by atoms with E-state index in [1.54, 1.807) is 41.0 Å². The Morgan fingerprint density at radius 3 is 2.32 bits per heavy atom. The summed E-state index contributed by atoms with van der Waals surface area (Å²) in [6.07, 6.45) is 2.50. The van der Waals surface area contributed by atoms with Crippen molar-refractivity contribution in [1.29, 1.82) is 0 Å². The van der Waals surface area contributed by atoms with Crippen LogP contribution in [0.15, 0.2) is 24.3 Å². The quantitative estimate of drug-likeness (QED) is 0.574. The molecule has 0 N–H and O–H groups in total. The predicted molar refractivity (Wildman–Crippen MR) is 110 cm³/mol. The molecule has 1 aromatic rings. The lowest BCUT2D eigenvalue weighted by molar-refractivity contribution is -0.155. The fourth-order valence-corrected chi connectivity index (χ4v) is 3.69. The van der Waals surface area contributed by atoms with Crippen molar-refractivity contribution in [1.82, 2.24) is 4.90 Å². The smallest absolute Gasteiger partial charge is 0.344 e. The summed E-state index contributed by atoms with van der Waals surface area (Å²) < 4.78 is 15.4. The molecular formula is C22H28N2O7. The molecule has 3 rings (SSSR count). The Hall–Kier alpha value is -3.10. The summed E-state index contributed by atoms with van der Waals surface area (Å²) in [5, 5.41) is 0. The molecule has 0 bridgehead atoms. The number of esters is 2. The maximum absolute atomic E-state index is 12.2. The van der Waals surface area contributed by atoms with Gasteiger partial charge in [-0.25, -0.2) is 4.79 Å². The number of ether oxygens (including phenoxy) is 3. The van der Waals surface area contributed by atoms with Gasteiger partial charge in [-0.15, -0.1) is 0 Å². The molecule has 2 heterocycles. The summed E-state index contributed by atoms with van der Waals surface area (Å²) in [6.45, 7) is 3.01. The molecule has 168 valence electrons. The van der Waals surface area contributed by atoms with Crippen LogP contribution in [0.3, 0.4) is 0 Å². The number of amides is 2. The summed E-state index contributed by atoms with van der Waals surface area (Å²) in [5.41, 5.74) is 0.801. The van der Waals surface area contributed by atoms with E-state index in [2.05, 4.69) is 0 Å². The maximum Gasteiger partial charge on any atom is 0.344 e.